The first-order chi connectivity index (χ1) is 13.5. The van der Waals surface area contributed by atoms with Crippen molar-refractivity contribution in [1.29, 1.82) is 0 Å². The molecule has 1 fully saturated rings. The molecule has 3 heterocycles. The fourth-order valence-corrected chi connectivity index (χ4v) is 4.43. The number of nitrogens with two attached hydrogens (primary N) is 1. The number of aromatic nitrogens is 2. The molecule has 0 spiro atoms. The first-order valence-corrected chi connectivity index (χ1v) is 10.1. The first kappa shape index (κ1) is 18.5. The molecule has 8 heteroatoms. The van der Waals surface area contributed by atoms with Crippen LogP contribution >= 0.6 is 11.3 Å². The van der Waals surface area contributed by atoms with Crippen molar-refractivity contribution in [2.45, 2.75) is 19.3 Å². The highest BCUT2D eigenvalue weighted by Gasteiger charge is 2.26. The number of carbonyl (C=O) groups is 2. The Morgan fingerprint density at radius 1 is 1.32 bits per heavy atom. The number of amides is 2. The Labute approximate surface area is 166 Å². The number of ether oxygens (including phenoxy) is 1. The molecule has 1 aliphatic heterocycles. The van der Waals surface area contributed by atoms with Gasteiger partial charge in [0.05, 0.1) is 19.2 Å². The number of primary amides is 1. The highest BCUT2D eigenvalue weighted by Crippen LogP contribution is 2.27. The number of nitrogens with zero attached hydrogens (tertiary/aromatic N) is 3. The summed E-state index contributed by atoms with van der Waals surface area (Å²) in [5, 5.41) is 1.98. The number of benzene rings is 1. The van der Waals surface area contributed by atoms with E-state index >= 15 is 0 Å². The van der Waals surface area contributed by atoms with Gasteiger partial charge in [-0.25, -0.2) is 4.98 Å². The van der Waals surface area contributed by atoms with Crippen molar-refractivity contribution in [2.75, 3.05) is 20.2 Å². The van der Waals surface area contributed by atoms with E-state index in [2.05, 4.69) is 4.98 Å². The molecule has 7 nitrogen and oxygen atoms in total. The van der Waals surface area contributed by atoms with Gasteiger partial charge in [-0.1, -0.05) is 12.1 Å². The fraction of sp³-hybridized carbons (Fsp3) is 0.350. The highest BCUT2D eigenvalue weighted by molar-refractivity contribution is 7.15. The van der Waals surface area contributed by atoms with Crippen LogP contribution in [0.4, 0.5) is 0 Å². The van der Waals surface area contributed by atoms with Crippen LogP contribution in [0.25, 0.3) is 16.2 Å². The minimum Gasteiger partial charge on any atom is -0.497 e. The molecule has 28 heavy (non-hydrogen) atoms. The zero-order valence-electron chi connectivity index (χ0n) is 15.6. The molecule has 0 radical (unpaired) electrons. The van der Waals surface area contributed by atoms with Gasteiger partial charge in [0.15, 0.2) is 4.96 Å². The van der Waals surface area contributed by atoms with E-state index in [1.54, 1.807) is 7.11 Å². The Bertz CT molecular complexity index is 1020. The monoisotopic (exact) mass is 398 g/mol. The van der Waals surface area contributed by atoms with Crippen LogP contribution in [0.5, 0.6) is 5.75 Å². The number of carbonyl (C=O) groups excluding carboxylic acids is 2. The second kappa shape index (κ2) is 7.63. The third kappa shape index (κ3) is 3.60. The Morgan fingerprint density at radius 2 is 2.11 bits per heavy atom. The largest absolute Gasteiger partial charge is 0.497 e. The minimum absolute atomic E-state index is 0.0688. The van der Waals surface area contributed by atoms with Crippen LogP contribution < -0.4 is 10.5 Å². The molecule has 3 aromatic rings. The Morgan fingerprint density at radius 3 is 2.82 bits per heavy atom. The van der Waals surface area contributed by atoms with Crippen LogP contribution in [0.1, 0.15) is 18.5 Å². The zero-order chi connectivity index (χ0) is 19.7. The third-order valence-electron chi connectivity index (χ3n) is 5.23. The Kier molecular flexibility index (Phi) is 5.04. The maximum Gasteiger partial charge on any atom is 0.228 e. The molecular formula is C20H22N4O3S. The maximum atomic E-state index is 12.7. The second-order valence-corrected chi connectivity index (χ2v) is 7.81. The Balaban J connectivity index is 1.49. The number of methoxy groups -OCH3 is 1. The number of thiazole rings is 1. The van der Waals surface area contributed by atoms with Crippen LogP contribution in [0.3, 0.4) is 0 Å². The number of piperidine rings is 1. The summed E-state index contributed by atoms with van der Waals surface area (Å²) in [6.07, 6.45) is 3.56. The summed E-state index contributed by atoms with van der Waals surface area (Å²) in [6.45, 7) is 1.16. The van der Waals surface area contributed by atoms with Gasteiger partial charge in [-0.2, -0.15) is 0 Å². The van der Waals surface area contributed by atoms with Crippen molar-refractivity contribution in [1.82, 2.24) is 14.3 Å². The SMILES string of the molecule is COc1cccc(-c2cn3c(CC(=O)N4CCC(C(N)=O)CC4)csc3n2)c1. The van der Waals surface area contributed by atoms with Gasteiger partial charge in [-0.15, -0.1) is 11.3 Å². The topological polar surface area (TPSA) is 89.9 Å². The number of imidazole rings is 1. The molecule has 2 N–H and O–H groups in total. The lowest BCUT2D eigenvalue weighted by molar-refractivity contribution is -0.134. The van der Waals surface area contributed by atoms with Gasteiger partial charge in [0.2, 0.25) is 11.8 Å². The van der Waals surface area contributed by atoms with Crippen LogP contribution in [-0.2, 0) is 16.0 Å². The van der Waals surface area contributed by atoms with E-state index in [1.165, 1.54) is 11.3 Å². The van der Waals surface area contributed by atoms with E-state index in [0.29, 0.717) is 32.4 Å². The van der Waals surface area contributed by atoms with Gasteiger partial charge in [0.25, 0.3) is 0 Å². The van der Waals surface area contributed by atoms with E-state index < -0.39 is 0 Å². The number of fused-ring (bicyclic) bond motifs is 1. The van der Waals surface area contributed by atoms with E-state index in [-0.39, 0.29) is 17.7 Å². The molecule has 1 aliphatic rings. The van der Waals surface area contributed by atoms with Crippen molar-refractivity contribution >= 4 is 28.1 Å². The van der Waals surface area contributed by atoms with Gasteiger partial charge < -0.3 is 15.4 Å². The van der Waals surface area contributed by atoms with Crippen molar-refractivity contribution in [3.05, 3.63) is 41.5 Å². The maximum absolute atomic E-state index is 12.7. The molecule has 4 rings (SSSR count). The van der Waals surface area contributed by atoms with Crippen LogP contribution in [-0.4, -0.2) is 46.3 Å². The molecule has 1 aromatic carbocycles. The molecule has 0 aliphatic carbocycles. The quantitative estimate of drug-likeness (QED) is 0.714. The lowest BCUT2D eigenvalue weighted by Gasteiger charge is -2.30. The van der Waals surface area contributed by atoms with Crippen LogP contribution in [0.15, 0.2) is 35.8 Å². The number of rotatable bonds is 5. The highest BCUT2D eigenvalue weighted by atomic mass is 32.1. The van der Waals surface area contributed by atoms with Crippen LogP contribution in [0, 0.1) is 5.92 Å². The smallest absolute Gasteiger partial charge is 0.228 e. The van der Waals surface area contributed by atoms with E-state index in [1.807, 2.05) is 45.1 Å². The van der Waals surface area contributed by atoms with Gasteiger partial charge in [-0.05, 0) is 25.0 Å². The van der Waals surface area contributed by atoms with Crippen molar-refractivity contribution in [3.63, 3.8) is 0 Å². The molecule has 2 aromatic heterocycles. The van der Waals surface area contributed by atoms with E-state index in [9.17, 15) is 9.59 Å². The standard InChI is InChI=1S/C20H22N4O3S/c1-27-16-4-2-3-14(9-16)17-11-24-15(12-28-20(24)22-17)10-18(25)23-7-5-13(6-8-23)19(21)26/h2-4,9,11-13H,5-8,10H2,1H3,(H2,21,26). The summed E-state index contributed by atoms with van der Waals surface area (Å²) < 4.78 is 7.27. The average molecular weight is 398 g/mol. The minimum atomic E-state index is -0.268. The molecule has 1 saturated heterocycles. The molecule has 0 bridgehead atoms. The number of hydrogen-bond donors (Lipinski definition) is 1. The first-order valence-electron chi connectivity index (χ1n) is 9.22. The molecule has 0 unspecified atom stereocenters. The summed E-state index contributed by atoms with van der Waals surface area (Å²) in [6, 6.07) is 7.76. The summed E-state index contributed by atoms with van der Waals surface area (Å²) in [5.74, 6) is 0.467. The van der Waals surface area contributed by atoms with Gasteiger partial charge in [0.1, 0.15) is 5.75 Å². The predicted molar refractivity (Wildman–Crippen MR) is 107 cm³/mol. The number of hydrogen-bond acceptors (Lipinski definition) is 5. The molecule has 146 valence electrons. The summed E-state index contributed by atoms with van der Waals surface area (Å²) in [4.78, 5) is 31.4. The lowest BCUT2D eigenvalue weighted by Crippen LogP contribution is -2.42. The van der Waals surface area contributed by atoms with Crippen molar-refractivity contribution in [3.8, 4) is 17.0 Å². The fourth-order valence-electron chi connectivity index (χ4n) is 3.56. The van der Waals surface area contributed by atoms with Crippen molar-refractivity contribution in [2.24, 2.45) is 11.7 Å². The second-order valence-electron chi connectivity index (χ2n) is 6.97. The van der Waals surface area contributed by atoms with Gasteiger partial charge in [0, 0.05) is 41.8 Å². The lowest BCUT2D eigenvalue weighted by atomic mass is 9.96. The number of likely N-dealkylation sites (tertiary alicyclic amines) is 1. The van der Waals surface area contributed by atoms with Gasteiger partial charge >= 0.3 is 0 Å². The summed E-state index contributed by atoms with van der Waals surface area (Å²) in [5.41, 5.74) is 8.11. The predicted octanol–water partition coefficient (Wildman–Crippen LogP) is 2.34. The van der Waals surface area contributed by atoms with E-state index in [0.717, 1.165) is 27.7 Å². The van der Waals surface area contributed by atoms with Crippen LogP contribution in [0.2, 0.25) is 0 Å². The Hall–Kier alpha value is -2.87. The summed E-state index contributed by atoms with van der Waals surface area (Å²) >= 11 is 1.52. The van der Waals surface area contributed by atoms with E-state index in [4.69, 9.17) is 10.5 Å². The zero-order valence-corrected chi connectivity index (χ0v) is 16.4. The molecule has 0 saturated carbocycles. The molecule has 2 amide bonds. The molecule has 0 atom stereocenters. The average Bonchev–Trinajstić information content (AvgIpc) is 3.30. The van der Waals surface area contributed by atoms with Gasteiger partial charge in [-0.3, -0.25) is 14.0 Å². The molecular weight excluding hydrogens is 376 g/mol. The normalized spacial score (nSPS) is 15.1. The summed E-state index contributed by atoms with van der Waals surface area (Å²) in [7, 11) is 1.64. The third-order valence-corrected chi connectivity index (χ3v) is 6.12. The van der Waals surface area contributed by atoms with Crippen molar-refractivity contribution < 1.29 is 14.3 Å².